The molecule has 0 aromatic heterocycles. The van der Waals surface area contributed by atoms with E-state index in [1.165, 1.54) is 0 Å². The lowest BCUT2D eigenvalue weighted by Crippen LogP contribution is -2.42. The standard InChI is InChI=1S/C10H13ClFN3O3S/c1-5(2)14-10(16)15-19(17,18)8-4-6(11)3-7(13)9(8)12/h3-5H,13H2,1-2H3,(H2,14,15,16). The second-order valence-corrected chi connectivity index (χ2v) is 6.13. The van der Waals surface area contributed by atoms with Crippen LogP contribution in [0.1, 0.15) is 13.8 Å². The van der Waals surface area contributed by atoms with Gasteiger partial charge in [0.1, 0.15) is 4.90 Å². The van der Waals surface area contributed by atoms with E-state index in [-0.39, 0.29) is 11.1 Å². The number of hydrogen-bond donors (Lipinski definition) is 3. The monoisotopic (exact) mass is 309 g/mol. The average molecular weight is 310 g/mol. The zero-order valence-electron chi connectivity index (χ0n) is 10.2. The van der Waals surface area contributed by atoms with Gasteiger partial charge in [0.25, 0.3) is 10.0 Å². The molecule has 0 saturated carbocycles. The molecule has 0 atom stereocenters. The lowest BCUT2D eigenvalue weighted by atomic mass is 10.3. The maximum Gasteiger partial charge on any atom is 0.328 e. The predicted octanol–water partition coefficient (Wildman–Crippen LogP) is 1.46. The van der Waals surface area contributed by atoms with Gasteiger partial charge in [-0.2, -0.15) is 0 Å². The zero-order valence-corrected chi connectivity index (χ0v) is 11.8. The number of urea groups is 1. The van der Waals surface area contributed by atoms with Crippen LogP contribution in [0.3, 0.4) is 0 Å². The van der Waals surface area contributed by atoms with Crippen LogP contribution in [-0.2, 0) is 10.0 Å². The fourth-order valence-electron chi connectivity index (χ4n) is 1.25. The van der Waals surface area contributed by atoms with Gasteiger partial charge in [-0.25, -0.2) is 22.3 Å². The van der Waals surface area contributed by atoms with Crippen LogP contribution in [0.5, 0.6) is 0 Å². The largest absolute Gasteiger partial charge is 0.396 e. The SMILES string of the molecule is CC(C)NC(=O)NS(=O)(=O)c1cc(Cl)cc(N)c1F. The van der Waals surface area contributed by atoms with Crippen molar-refractivity contribution in [2.24, 2.45) is 0 Å². The normalized spacial score (nSPS) is 11.4. The van der Waals surface area contributed by atoms with E-state index in [9.17, 15) is 17.6 Å². The number of nitrogen functional groups attached to an aromatic ring is 1. The number of hydrogen-bond acceptors (Lipinski definition) is 4. The molecular weight excluding hydrogens is 297 g/mol. The van der Waals surface area contributed by atoms with Crippen molar-refractivity contribution in [1.82, 2.24) is 10.0 Å². The van der Waals surface area contributed by atoms with Crippen molar-refractivity contribution in [1.29, 1.82) is 0 Å². The van der Waals surface area contributed by atoms with E-state index in [2.05, 4.69) is 5.32 Å². The summed E-state index contributed by atoms with van der Waals surface area (Å²) in [4.78, 5) is 10.6. The highest BCUT2D eigenvalue weighted by atomic mass is 35.5. The molecule has 0 fully saturated rings. The zero-order chi connectivity index (χ0) is 14.8. The molecule has 0 spiro atoms. The molecule has 0 aliphatic heterocycles. The van der Waals surface area contributed by atoms with E-state index < -0.39 is 32.5 Å². The summed E-state index contributed by atoms with van der Waals surface area (Å²) < 4.78 is 39.0. The quantitative estimate of drug-likeness (QED) is 0.736. The van der Waals surface area contributed by atoms with Gasteiger partial charge in [-0.15, -0.1) is 0 Å². The number of amides is 2. The molecule has 9 heteroatoms. The van der Waals surface area contributed by atoms with Gasteiger partial charge in [0.05, 0.1) is 5.69 Å². The Hall–Kier alpha value is -1.54. The number of nitrogens with two attached hydrogens (primary N) is 1. The van der Waals surface area contributed by atoms with Crippen molar-refractivity contribution in [2.75, 3.05) is 5.73 Å². The number of benzene rings is 1. The summed E-state index contributed by atoms with van der Waals surface area (Å²) in [6.45, 7) is 3.29. The number of rotatable bonds is 3. The van der Waals surface area contributed by atoms with Crippen LogP contribution in [0.25, 0.3) is 0 Å². The highest BCUT2D eigenvalue weighted by Gasteiger charge is 2.24. The third-order valence-corrected chi connectivity index (χ3v) is 3.52. The number of carbonyl (C=O) groups excluding carboxylic acids is 1. The number of carbonyl (C=O) groups is 1. The third-order valence-electron chi connectivity index (χ3n) is 1.97. The molecule has 1 aromatic carbocycles. The summed E-state index contributed by atoms with van der Waals surface area (Å²) in [5, 5.41) is 2.25. The summed E-state index contributed by atoms with van der Waals surface area (Å²) in [6, 6.07) is 0.708. The number of nitrogens with one attached hydrogen (secondary N) is 2. The summed E-state index contributed by atoms with van der Waals surface area (Å²) >= 11 is 5.61. The van der Waals surface area contributed by atoms with Gasteiger partial charge < -0.3 is 11.1 Å². The van der Waals surface area contributed by atoms with Gasteiger partial charge in [-0.05, 0) is 26.0 Å². The van der Waals surface area contributed by atoms with Gasteiger partial charge in [-0.3, -0.25) is 0 Å². The Labute approximate surface area is 115 Å². The van der Waals surface area contributed by atoms with E-state index in [4.69, 9.17) is 17.3 Å². The fraction of sp³-hybridized carbons (Fsp3) is 0.300. The first kappa shape index (κ1) is 15.5. The van der Waals surface area contributed by atoms with Crippen molar-refractivity contribution in [3.8, 4) is 0 Å². The van der Waals surface area contributed by atoms with Crippen LogP contribution in [0, 0.1) is 5.82 Å². The van der Waals surface area contributed by atoms with Crippen LogP contribution in [0.4, 0.5) is 14.9 Å². The van der Waals surface area contributed by atoms with Crippen LogP contribution >= 0.6 is 11.6 Å². The van der Waals surface area contributed by atoms with Gasteiger partial charge in [0.2, 0.25) is 0 Å². The molecule has 0 unspecified atom stereocenters. The van der Waals surface area contributed by atoms with E-state index >= 15 is 0 Å². The first-order valence-electron chi connectivity index (χ1n) is 5.21. The molecule has 2 amide bonds. The Morgan fingerprint density at radius 2 is 2.00 bits per heavy atom. The van der Waals surface area contributed by atoms with Crippen molar-refractivity contribution in [2.45, 2.75) is 24.8 Å². The molecule has 0 saturated heterocycles. The first-order valence-corrected chi connectivity index (χ1v) is 7.07. The second kappa shape index (κ2) is 5.62. The lowest BCUT2D eigenvalue weighted by Gasteiger charge is -2.12. The summed E-state index contributed by atoms with van der Waals surface area (Å²) in [5.74, 6) is -1.16. The van der Waals surface area contributed by atoms with Crippen molar-refractivity contribution >= 4 is 33.3 Å². The topological polar surface area (TPSA) is 101 Å². The highest BCUT2D eigenvalue weighted by Crippen LogP contribution is 2.24. The van der Waals surface area contributed by atoms with Crippen LogP contribution in [0.15, 0.2) is 17.0 Å². The minimum absolute atomic E-state index is 0.0523. The summed E-state index contributed by atoms with van der Waals surface area (Å²) in [6.07, 6.45) is 0. The molecule has 0 aliphatic carbocycles. The maximum absolute atomic E-state index is 13.7. The maximum atomic E-state index is 13.7. The summed E-state index contributed by atoms with van der Waals surface area (Å²) in [7, 11) is -4.38. The Morgan fingerprint density at radius 1 is 1.42 bits per heavy atom. The highest BCUT2D eigenvalue weighted by molar-refractivity contribution is 7.90. The number of anilines is 1. The average Bonchev–Trinajstić information content (AvgIpc) is 2.20. The smallest absolute Gasteiger partial charge is 0.328 e. The molecular formula is C10H13ClFN3O3S. The lowest BCUT2D eigenvalue weighted by molar-refractivity contribution is 0.243. The predicted molar refractivity (Wildman–Crippen MR) is 69.8 cm³/mol. The molecule has 1 rings (SSSR count). The van der Waals surface area contributed by atoms with E-state index in [1.54, 1.807) is 18.6 Å². The van der Waals surface area contributed by atoms with E-state index in [0.29, 0.717) is 0 Å². The van der Waals surface area contributed by atoms with Gasteiger partial charge in [0.15, 0.2) is 5.82 Å². The molecule has 4 N–H and O–H groups in total. The van der Waals surface area contributed by atoms with Crippen molar-refractivity contribution < 1.29 is 17.6 Å². The minimum atomic E-state index is -4.38. The Kier molecular flexibility index (Phi) is 4.59. The number of halogens is 2. The minimum Gasteiger partial charge on any atom is -0.396 e. The van der Waals surface area contributed by atoms with E-state index in [1.807, 2.05) is 0 Å². The molecule has 6 nitrogen and oxygen atoms in total. The Bertz CT molecular complexity index is 604. The van der Waals surface area contributed by atoms with Crippen molar-refractivity contribution in [3.05, 3.63) is 23.0 Å². The molecule has 0 aliphatic rings. The Morgan fingerprint density at radius 3 is 2.53 bits per heavy atom. The number of sulfonamides is 1. The fourth-order valence-corrected chi connectivity index (χ4v) is 2.59. The molecule has 19 heavy (non-hydrogen) atoms. The Balaban J connectivity index is 3.11. The van der Waals surface area contributed by atoms with E-state index in [0.717, 1.165) is 12.1 Å². The van der Waals surface area contributed by atoms with Gasteiger partial charge in [0, 0.05) is 11.1 Å². The third kappa shape index (κ3) is 3.97. The van der Waals surface area contributed by atoms with Gasteiger partial charge >= 0.3 is 6.03 Å². The molecule has 0 heterocycles. The van der Waals surface area contributed by atoms with Crippen LogP contribution in [-0.4, -0.2) is 20.5 Å². The molecule has 106 valence electrons. The molecule has 0 bridgehead atoms. The molecule has 0 radical (unpaired) electrons. The van der Waals surface area contributed by atoms with Crippen LogP contribution < -0.4 is 15.8 Å². The van der Waals surface area contributed by atoms with Crippen molar-refractivity contribution in [3.63, 3.8) is 0 Å². The van der Waals surface area contributed by atoms with Crippen LogP contribution in [0.2, 0.25) is 5.02 Å². The second-order valence-electron chi connectivity index (χ2n) is 4.04. The summed E-state index contributed by atoms with van der Waals surface area (Å²) in [5.41, 5.74) is 4.86. The first-order chi connectivity index (χ1) is 8.63. The van der Waals surface area contributed by atoms with Gasteiger partial charge in [-0.1, -0.05) is 11.6 Å². The molecule has 1 aromatic rings.